The van der Waals surface area contributed by atoms with E-state index < -0.39 is 29.4 Å². The van der Waals surface area contributed by atoms with E-state index in [0.717, 1.165) is 18.9 Å². The number of amides is 2. The van der Waals surface area contributed by atoms with Crippen LogP contribution in [0.4, 0.5) is 13.2 Å². The van der Waals surface area contributed by atoms with Crippen molar-refractivity contribution in [1.29, 1.82) is 0 Å². The van der Waals surface area contributed by atoms with Crippen LogP contribution in [0.5, 0.6) is 0 Å². The molecule has 1 unspecified atom stereocenters. The summed E-state index contributed by atoms with van der Waals surface area (Å²) in [5.41, 5.74) is 6.81. The normalized spacial score (nSPS) is 23.3. The van der Waals surface area contributed by atoms with Gasteiger partial charge in [0.15, 0.2) is 18.0 Å². The predicted molar refractivity (Wildman–Crippen MR) is 108 cm³/mol. The Hall–Kier alpha value is -2.88. The van der Waals surface area contributed by atoms with Gasteiger partial charge in [-0.3, -0.25) is 9.59 Å². The molecule has 7 nitrogen and oxygen atoms in total. The number of hydrogen-bond acceptors (Lipinski definition) is 5. The summed E-state index contributed by atoms with van der Waals surface area (Å²) in [6.45, 7) is 1.49. The number of oxazole rings is 1. The maximum atomic E-state index is 14.0. The Labute approximate surface area is 183 Å². The van der Waals surface area contributed by atoms with E-state index in [0.29, 0.717) is 24.6 Å². The molecule has 2 fully saturated rings. The molecule has 4 rings (SSSR count). The first-order chi connectivity index (χ1) is 15.2. The van der Waals surface area contributed by atoms with Crippen molar-refractivity contribution in [2.75, 3.05) is 6.54 Å². The summed E-state index contributed by atoms with van der Waals surface area (Å²) < 4.78 is 45.7. The number of aromatic nitrogens is 1. The molecule has 2 bridgehead atoms. The van der Waals surface area contributed by atoms with Crippen molar-refractivity contribution in [2.45, 2.75) is 57.2 Å². The minimum absolute atomic E-state index is 0.0176. The summed E-state index contributed by atoms with van der Waals surface area (Å²) in [5, 5.41) is 2.58. The zero-order valence-electron chi connectivity index (χ0n) is 17.6. The largest absolute Gasteiger partial charge is 0.438 e. The topological polar surface area (TPSA) is 101 Å². The molecule has 3 N–H and O–H groups in total. The van der Waals surface area contributed by atoms with Gasteiger partial charge in [0, 0.05) is 24.2 Å². The molecule has 2 amide bonds. The molecule has 2 aliphatic rings. The monoisotopic (exact) mass is 450 g/mol. The van der Waals surface area contributed by atoms with Crippen LogP contribution in [0.2, 0.25) is 0 Å². The van der Waals surface area contributed by atoms with Gasteiger partial charge in [-0.1, -0.05) is 0 Å². The lowest BCUT2D eigenvalue weighted by molar-refractivity contribution is -0.135. The smallest absolute Gasteiger partial charge is 0.289 e. The van der Waals surface area contributed by atoms with Crippen LogP contribution in [0.25, 0.3) is 0 Å². The zero-order valence-corrected chi connectivity index (χ0v) is 17.6. The molecule has 1 aromatic carbocycles. The number of nitrogens with one attached hydrogen (secondary N) is 1. The molecule has 0 radical (unpaired) electrons. The van der Waals surface area contributed by atoms with Crippen LogP contribution in [0.1, 0.15) is 47.5 Å². The molecule has 2 aromatic rings. The van der Waals surface area contributed by atoms with Crippen LogP contribution in [0.15, 0.2) is 22.9 Å². The number of hydrogen-bond donors (Lipinski definition) is 2. The molecule has 0 aliphatic carbocycles. The van der Waals surface area contributed by atoms with Crippen molar-refractivity contribution in [3.63, 3.8) is 0 Å². The van der Waals surface area contributed by atoms with Crippen LogP contribution < -0.4 is 11.1 Å². The molecule has 4 atom stereocenters. The first-order valence-corrected chi connectivity index (χ1v) is 10.6. The van der Waals surface area contributed by atoms with Gasteiger partial charge >= 0.3 is 0 Å². The van der Waals surface area contributed by atoms with Crippen molar-refractivity contribution in [2.24, 2.45) is 11.7 Å². The SMILES string of the molecule is Cc1ncoc1C(=O)NCC(=O)N1[C@@H]2CC[C@H]1CC([C@H](N)Cc1cc(F)c(F)cc1F)C2. The lowest BCUT2D eigenvalue weighted by Gasteiger charge is -2.41. The van der Waals surface area contributed by atoms with Gasteiger partial charge in [0.1, 0.15) is 5.82 Å². The van der Waals surface area contributed by atoms with Crippen LogP contribution in [0, 0.1) is 30.3 Å². The third-order valence-corrected chi connectivity index (χ3v) is 6.56. The molecule has 2 aliphatic heterocycles. The van der Waals surface area contributed by atoms with Crippen molar-refractivity contribution >= 4 is 11.8 Å². The number of nitrogens with zero attached hydrogens (tertiary/aromatic N) is 2. The summed E-state index contributed by atoms with van der Waals surface area (Å²) in [6, 6.07) is 0.920. The van der Waals surface area contributed by atoms with Crippen LogP contribution in [-0.4, -0.2) is 46.4 Å². The van der Waals surface area contributed by atoms with Crippen molar-refractivity contribution in [1.82, 2.24) is 15.2 Å². The number of carbonyl (C=O) groups excluding carboxylic acids is 2. The fourth-order valence-electron chi connectivity index (χ4n) is 4.96. The maximum Gasteiger partial charge on any atom is 0.289 e. The quantitative estimate of drug-likeness (QED) is 0.659. The first-order valence-electron chi connectivity index (χ1n) is 10.6. The highest BCUT2D eigenvalue weighted by molar-refractivity contribution is 5.95. The summed E-state index contributed by atoms with van der Waals surface area (Å²) in [4.78, 5) is 30.6. The number of nitrogens with two attached hydrogens (primary N) is 1. The van der Waals surface area contributed by atoms with Gasteiger partial charge in [-0.25, -0.2) is 18.2 Å². The summed E-state index contributed by atoms with van der Waals surface area (Å²) in [7, 11) is 0. The maximum absolute atomic E-state index is 14.0. The second kappa shape index (κ2) is 8.93. The second-order valence-electron chi connectivity index (χ2n) is 8.59. The van der Waals surface area contributed by atoms with E-state index in [4.69, 9.17) is 10.2 Å². The minimum atomic E-state index is -1.23. The van der Waals surface area contributed by atoms with Gasteiger partial charge in [-0.15, -0.1) is 0 Å². The summed E-state index contributed by atoms with van der Waals surface area (Å²) >= 11 is 0. The molecule has 2 saturated heterocycles. The molecule has 172 valence electrons. The molecular formula is C22H25F3N4O3. The lowest BCUT2D eigenvalue weighted by Crippen LogP contribution is -2.52. The number of benzene rings is 1. The first kappa shape index (κ1) is 22.3. The Morgan fingerprint density at radius 1 is 1.19 bits per heavy atom. The van der Waals surface area contributed by atoms with Crippen LogP contribution in [-0.2, 0) is 11.2 Å². The summed E-state index contributed by atoms with van der Waals surface area (Å²) in [6.07, 6.45) is 4.20. The fourth-order valence-corrected chi connectivity index (χ4v) is 4.96. The Balaban J connectivity index is 1.35. The lowest BCUT2D eigenvalue weighted by atomic mass is 9.82. The molecule has 10 heteroatoms. The standard InChI is InChI=1S/C22H25F3N4O3/c1-11-21(32-10-28-11)22(31)27-9-20(30)29-14-2-3-15(29)5-13(4-14)19(26)7-12-6-17(24)18(25)8-16(12)23/h6,8,10,13-15,19H,2-5,7,9,26H2,1H3,(H,27,31)/t13?,14-,15+,19-/m1/s1. The van der Waals surface area contributed by atoms with E-state index in [9.17, 15) is 22.8 Å². The molecule has 0 spiro atoms. The van der Waals surface area contributed by atoms with Gasteiger partial charge in [0.2, 0.25) is 11.7 Å². The Morgan fingerprint density at radius 2 is 1.84 bits per heavy atom. The predicted octanol–water partition coefficient (Wildman–Crippen LogP) is 2.47. The third-order valence-electron chi connectivity index (χ3n) is 6.56. The van der Waals surface area contributed by atoms with Gasteiger partial charge in [-0.2, -0.15) is 0 Å². The highest BCUT2D eigenvalue weighted by Crippen LogP contribution is 2.40. The number of rotatable bonds is 6. The van der Waals surface area contributed by atoms with Crippen molar-refractivity contribution in [3.05, 3.63) is 53.0 Å². The number of piperidine rings is 1. The average molecular weight is 450 g/mol. The highest BCUT2D eigenvalue weighted by Gasteiger charge is 2.44. The van der Waals surface area contributed by atoms with Gasteiger partial charge < -0.3 is 20.4 Å². The third kappa shape index (κ3) is 4.36. The van der Waals surface area contributed by atoms with E-state index in [1.165, 1.54) is 6.39 Å². The Bertz CT molecular complexity index is 1010. The van der Waals surface area contributed by atoms with Crippen LogP contribution in [0.3, 0.4) is 0 Å². The fraction of sp³-hybridized carbons (Fsp3) is 0.500. The van der Waals surface area contributed by atoms with Gasteiger partial charge in [0.25, 0.3) is 5.91 Å². The van der Waals surface area contributed by atoms with E-state index in [1.807, 2.05) is 4.90 Å². The second-order valence-corrected chi connectivity index (χ2v) is 8.59. The number of halogens is 3. The highest BCUT2D eigenvalue weighted by atomic mass is 19.2. The van der Waals surface area contributed by atoms with E-state index in [2.05, 4.69) is 10.3 Å². The summed E-state index contributed by atoms with van der Waals surface area (Å²) in [5.74, 6) is -3.71. The average Bonchev–Trinajstić information content (AvgIpc) is 3.29. The molecular weight excluding hydrogens is 425 g/mol. The zero-order chi connectivity index (χ0) is 23.0. The van der Waals surface area contributed by atoms with E-state index in [1.54, 1.807) is 6.92 Å². The van der Waals surface area contributed by atoms with Crippen LogP contribution >= 0.6 is 0 Å². The Morgan fingerprint density at radius 3 is 2.47 bits per heavy atom. The van der Waals surface area contributed by atoms with Crippen molar-refractivity contribution < 1.29 is 27.2 Å². The number of fused-ring (bicyclic) bond motifs is 2. The van der Waals surface area contributed by atoms with E-state index in [-0.39, 0.29) is 48.2 Å². The molecule has 0 saturated carbocycles. The molecule has 3 heterocycles. The number of aryl methyl sites for hydroxylation is 1. The molecule has 32 heavy (non-hydrogen) atoms. The van der Waals surface area contributed by atoms with Gasteiger partial charge in [0.05, 0.1) is 12.2 Å². The molecule has 1 aromatic heterocycles. The minimum Gasteiger partial charge on any atom is -0.438 e. The Kier molecular flexibility index (Phi) is 6.23. The van der Waals surface area contributed by atoms with E-state index >= 15 is 0 Å². The number of carbonyl (C=O) groups is 2. The van der Waals surface area contributed by atoms with Gasteiger partial charge in [-0.05, 0) is 56.6 Å². The van der Waals surface area contributed by atoms with Crippen molar-refractivity contribution in [3.8, 4) is 0 Å².